The van der Waals surface area contributed by atoms with Crippen molar-refractivity contribution < 1.29 is 9.53 Å². The number of amides is 1. The molecule has 0 saturated carbocycles. The summed E-state index contributed by atoms with van der Waals surface area (Å²) in [5.41, 5.74) is 3.40. The second-order valence-electron chi connectivity index (χ2n) is 7.57. The summed E-state index contributed by atoms with van der Waals surface area (Å²) in [6.07, 6.45) is 0. The van der Waals surface area contributed by atoms with Gasteiger partial charge in [-0.05, 0) is 44.2 Å². The van der Waals surface area contributed by atoms with Gasteiger partial charge in [0.2, 0.25) is 5.91 Å². The van der Waals surface area contributed by atoms with Crippen molar-refractivity contribution in [3.63, 3.8) is 0 Å². The van der Waals surface area contributed by atoms with Gasteiger partial charge in [-0.2, -0.15) is 0 Å². The smallest absolute Gasteiger partial charge is 0.238 e. The van der Waals surface area contributed by atoms with Crippen LogP contribution in [-0.2, 0) is 10.3 Å². The quantitative estimate of drug-likeness (QED) is 0.168. The molecule has 158 valence electrons. The van der Waals surface area contributed by atoms with Crippen molar-refractivity contribution in [2.75, 3.05) is 17.8 Å². The van der Waals surface area contributed by atoms with Gasteiger partial charge in [0, 0.05) is 11.1 Å². The van der Waals surface area contributed by atoms with Gasteiger partial charge in [0.15, 0.2) is 4.34 Å². The maximum Gasteiger partial charge on any atom is 0.238 e. The Morgan fingerprint density at radius 1 is 1.23 bits per heavy atom. The van der Waals surface area contributed by atoms with Gasteiger partial charge in [-0.1, -0.05) is 56.8 Å². The minimum atomic E-state index is -0.486. The van der Waals surface area contributed by atoms with Gasteiger partial charge in [0.25, 0.3) is 0 Å². The normalized spacial score (nSPS) is 14.4. The molecular weight excluding hydrogens is 485 g/mol. The van der Waals surface area contributed by atoms with Crippen LogP contribution < -0.4 is 9.64 Å². The Kier molecular flexibility index (Phi) is 5.42. The molecule has 2 aromatic heterocycles. The first-order valence-corrected chi connectivity index (χ1v) is 13.9. The van der Waals surface area contributed by atoms with Crippen LogP contribution in [0.5, 0.6) is 5.75 Å². The van der Waals surface area contributed by atoms with E-state index in [1.807, 2.05) is 41.3 Å². The summed E-state index contributed by atoms with van der Waals surface area (Å²) in [7, 11) is 4.90. The SMILES string of the molecule is COc1ccc2c(c1)-c1c(ssc1=S)C(C)(C)N2C(=O)CSc1nc2ccccc2s1. The maximum atomic E-state index is 13.6. The first-order chi connectivity index (χ1) is 14.9. The van der Waals surface area contributed by atoms with Crippen LogP contribution in [0, 0.1) is 3.82 Å². The second kappa shape index (κ2) is 7.97. The molecule has 1 amide bonds. The largest absolute Gasteiger partial charge is 0.497 e. The highest BCUT2D eigenvalue weighted by molar-refractivity contribution is 8.01. The number of hydrogen-bond donors (Lipinski definition) is 0. The Hall–Kier alpha value is -1.78. The number of nitrogens with zero attached hydrogens (tertiary/aromatic N) is 2. The van der Waals surface area contributed by atoms with Crippen LogP contribution >= 0.6 is 56.0 Å². The molecule has 5 rings (SSSR count). The minimum Gasteiger partial charge on any atom is -0.497 e. The fourth-order valence-electron chi connectivity index (χ4n) is 3.88. The number of carbonyl (C=O) groups is 1. The van der Waals surface area contributed by atoms with Crippen LogP contribution in [0.4, 0.5) is 5.69 Å². The molecule has 31 heavy (non-hydrogen) atoms. The monoisotopic (exact) mass is 502 g/mol. The third-order valence-electron chi connectivity index (χ3n) is 5.30. The van der Waals surface area contributed by atoms with E-state index < -0.39 is 5.54 Å². The van der Waals surface area contributed by atoms with Gasteiger partial charge < -0.3 is 9.64 Å². The zero-order valence-electron chi connectivity index (χ0n) is 17.0. The number of para-hydroxylation sites is 1. The summed E-state index contributed by atoms with van der Waals surface area (Å²) in [4.78, 5) is 21.3. The van der Waals surface area contributed by atoms with Gasteiger partial charge in [-0.25, -0.2) is 4.98 Å². The van der Waals surface area contributed by atoms with Gasteiger partial charge in [-0.15, -0.1) is 11.3 Å². The number of anilines is 1. The van der Waals surface area contributed by atoms with Crippen molar-refractivity contribution in [2.45, 2.75) is 23.7 Å². The predicted molar refractivity (Wildman–Crippen MR) is 136 cm³/mol. The highest BCUT2D eigenvalue weighted by atomic mass is 32.9. The van der Waals surface area contributed by atoms with Crippen molar-refractivity contribution in [1.82, 2.24) is 4.98 Å². The van der Waals surface area contributed by atoms with Crippen LogP contribution in [0.3, 0.4) is 0 Å². The molecule has 0 fully saturated rings. The standard InChI is InChI=1S/C22H18N2O2S5/c1-22(2)19-18(20(27)31-30-19)13-10-12(26-3)8-9-15(13)24(22)17(25)11-28-21-23-14-6-4-5-7-16(14)29-21/h4-10H,11H2,1-3H3. The van der Waals surface area contributed by atoms with E-state index in [-0.39, 0.29) is 5.91 Å². The van der Waals surface area contributed by atoms with Crippen molar-refractivity contribution in [2.24, 2.45) is 0 Å². The molecule has 0 N–H and O–H groups in total. The Morgan fingerprint density at radius 3 is 2.81 bits per heavy atom. The minimum absolute atomic E-state index is 0.0515. The van der Waals surface area contributed by atoms with E-state index in [9.17, 15) is 4.79 Å². The fraction of sp³-hybridized carbons (Fsp3) is 0.227. The summed E-state index contributed by atoms with van der Waals surface area (Å²) in [5.74, 6) is 1.13. The molecule has 3 heterocycles. The molecule has 0 atom stereocenters. The zero-order chi connectivity index (χ0) is 21.8. The van der Waals surface area contributed by atoms with Crippen LogP contribution in [0.1, 0.15) is 18.7 Å². The Balaban J connectivity index is 1.52. The summed E-state index contributed by atoms with van der Waals surface area (Å²) in [5, 5.41) is 0. The van der Waals surface area contributed by atoms with Gasteiger partial charge in [0.05, 0.1) is 39.2 Å². The maximum absolute atomic E-state index is 13.6. The Morgan fingerprint density at radius 2 is 2.03 bits per heavy atom. The highest BCUT2D eigenvalue weighted by Gasteiger charge is 2.43. The van der Waals surface area contributed by atoms with E-state index >= 15 is 0 Å². The number of ether oxygens (including phenoxy) is 1. The van der Waals surface area contributed by atoms with E-state index in [2.05, 4.69) is 24.9 Å². The first-order valence-electron chi connectivity index (χ1n) is 9.53. The van der Waals surface area contributed by atoms with E-state index in [0.29, 0.717) is 5.75 Å². The number of hydrogen-bond acceptors (Lipinski definition) is 8. The molecule has 0 unspecified atom stereocenters. The lowest BCUT2D eigenvalue weighted by molar-refractivity contribution is -0.117. The van der Waals surface area contributed by atoms with Crippen molar-refractivity contribution in [3.05, 3.63) is 51.2 Å². The molecule has 9 heteroatoms. The lowest BCUT2D eigenvalue weighted by atomic mass is 9.87. The average molecular weight is 503 g/mol. The highest BCUT2D eigenvalue weighted by Crippen LogP contribution is 2.53. The molecule has 4 nitrogen and oxygen atoms in total. The number of benzene rings is 2. The third-order valence-corrected chi connectivity index (χ3v) is 10.8. The number of methoxy groups -OCH3 is 1. The number of thiazole rings is 1. The fourth-order valence-corrected chi connectivity index (χ4v) is 9.08. The van der Waals surface area contributed by atoms with Gasteiger partial charge in [0.1, 0.15) is 9.57 Å². The Bertz CT molecular complexity index is 1330. The van der Waals surface area contributed by atoms with Crippen molar-refractivity contribution >= 4 is 77.8 Å². The van der Waals surface area contributed by atoms with Crippen LogP contribution in [0.15, 0.2) is 46.8 Å². The first kappa shape index (κ1) is 21.1. The third kappa shape index (κ3) is 3.52. The molecule has 0 bridgehead atoms. The topological polar surface area (TPSA) is 42.4 Å². The number of rotatable bonds is 4. The molecule has 1 aliphatic heterocycles. The molecule has 0 saturated heterocycles. The lowest BCUT2D eigenvalue weighted by Gasteiger charge is -2.43. The number of carbonyl (C=O) groups excluding carboxylic acids is 1. The zero-order valence-corrected chi connectivity index (χ0v) is 21.1. The second-order valence-corrected chi connectivity index (χ2v) is 12.6. The summed E-state index contributed by atoms with van der Waals surface area (Å²) < 4.78 is 8.36. The molecule has 4 aromatic rings. The number of thioether (sulfide) groups is 1. The summed E-state index contributed by atoms with van der Waals surface area (Å²) >= 11 is 8.77. The number of fused-ring (bicyclic) bond motifs is 4. The van der Waals surface area contributed by atoms with E-state index in [1.54, 1.807) is 39.1 Å². The number of aromatic nitrogens is 1. The molecule has 1 aliphatic rings. The predicted octanol–water partition coefficient (Wildman–Crippen LogP) is 7.20. The van der Waals surface area contributed by atoms with Gasteiger partial charge >= 0.3 is 0 Å². The summed E-state index contributed by atoms with van der Waals surface area (Å²) in [6, 6.07) is 13.9. The van der Waals surface area contributed by atoms with Crippen LogP contribution in [0.2, 0.25) is 0 Å². The molecular formula is C22H18N2O2S5. The lowest BCUT2D eigenvalue weighted by Crippen LogP contribution is -2.48. The molecule has 0 spiro atoms. The van der Waals surface area contributed by atoms with Crippen LogP contribution in [-0.4, -0.2) is 23.8 Å². The molecule has 2 aromatic carbocycles. The molecule has 0 aliphatic carbocycles. The van der Waals surface area contributed by atoms with E-state index in [0.717, 1.165) is 45.8 Å². The Labute approximate surface area is 200 Å². The van der Waals surface area contributed by atoms with Crippen molar-refractivity contribution in [1.29, 1.82) is 0 Å². The van der Waals surface area contributed by atoms with Crippen molar-refractivity contribution in [3.8, 4) is 16.9 Å². The molecule has 0 radical (unpaired) electrons. The van der Waals surface area contributed by atoms with Gasteiger partial charge in [-0.3, -0.25) is 4.79 Å². The van der Waals surface area contributed by atoms with E-state index in [1.165, 1.54) is 11.8 Å². The van der Waals surface area contributed by atoms with Crippen LogP contribution in [0.25, 0.3) is 21.3 Å². The van der Waals surface area contributed by atoms with E-state index in [4.69, 9.17) is 17.0 Å². The average Bonchev–Trinajstić information content (AvgIpc) is 3.35. The summed E-state index contributed by atoms with van der Waals surface area (Å²) in [6.45, 7) is 4.19.